The molecule has 1 aromatic carbocycles. The average Bonchev–Trinajstić information content (AvgIpc) is 2.40. The molecule has 0 spiro atoms. The number of halogens is 2. The van der Waals surface area contributed by atoms with Crippen LogP contribution in [0.3, 0.4) is 0 Å². The smallest absolute Gasteiger partial charge is 0.319 e. The number of aliphatic hydroxyl groups is 1. The number of hydrogen-bond acceptors (Lipinski definition) is 2. The van der Waals surface area contributed by atoms with E-state index < -0.39 is 23.3 Å². The third-order valence-electron chi connectivity index (χ3n) is 3.19. The highest BCUT2D eigenvalue weighted by Gasteiger charge is 2.25. The van der Waals surface area contributed by atoms with Gasteiger partial charge in [-0.25, -0.2) is 13.6 Å². The molecule has 0 aromatic heterocycles. The first kappa shape index (κ1) is 17.4. The molecule has 1 rings (SSSR count). The fourth-order valence-corrected chi connectivity index (χ4v) is 2.23. The zero-order valence-corrected chi connectivity index (χ0v) is 12.4. The Morgan fingerprint density at radius 2 is 1.86 bits per heavy atom. The number of anilines is 1. The van der Waals surface area contributed by atoms with Crippen molar-refractivity contribution in [3.63, 3.8) is 0 Å². The van der Waals surface area contributed by atoms with E-state index in [4.69, 9.17) is 0 Å². The van der Waals surface area contributed by atoms with Gasteiger partial charge in [-0.2, -0.15) is 0 Å². The van der Waals surface area contributed by atoms with Crippen LogP contribution in [0, 0.1) is 11.6 Å². The Morgan fingerprint density at radius 3 is 2.38 bits per heavy atom. The second-order valence-electron chi connectivity index (χ2n) is 5.16. The second-order valence-corrected chi connectivity index (χ2v) is 5.16. The Balaban J connectivity index is 2.56. The van der Waals surface area contributed by atoms with E-state index >= 15 is 0 Å². The molecule has 0 unspecified atom stereocenters. The molecular formula is C15H22F2N2O2. The van der Waals surface area contributed by atoms with E-state index in [0.717, 1.165) is 25.0 Å². The van der Waals surface area contributed by atoms with Crippen LogP contribution in [0.1, 0.15) is 39.5 Å². The van der Waals surface area contributed by atoms with Crippen molar-refractivity contribution < 1.29 is 18.7 Å². The minimum absolute atomic E-state index is 0.0866. The molecule has 4 nitrogen and oxygen atoms in total. The number of carbonyl (C=O) groups excluding carboxylic acids is 1. The average molecular weight is 300 g/mol. The maximum absolute atomic E-state index is 13.4. The Bertz CT molecular complexity index is 475. The van der Waals surface area contributed by atoms with E-state index in [1.165, 1.54) is 0 Å². The summed E-state index contributed by atoms with van der Waals surface area (Å²) in [5.74, 6) is -1.55. The maximum Gasteiger partial charge on any atom is 0.319 e. The third-order valence-corrected chi connectivity index (χ3v) is 3.19. The summed E-state index contributed by atoms with van der Waals surface area (Å²) in [6.07, 6.45) is 2.75. The number of hydrogen-bond donors (Lipinski definition) is 3. The predicted octanol–water partition coefficient (Wildman–Crippen LogP) is 3.42. The van der Waals surface area contributed by atoms with E-state index in [9.17, 15) is 18.7 Å². The zero-order chi connectivity index (χ0) is 15.9. The molecule has 3 N–H and O–H groups in total. The Labute approximate surface area is 123 Å². The van der Waals surface area contributed by atoms with Crippen LogP contribution in [0.25, 0.3) is 0 Å². The second kappa shape index (κ2) is 7.93. The Hall–Kier alpha value is -1.69. The molecular weight excluding hydrogens is 278 g/mol. The fourth-order valence-electron chi connectivity index (χ4n) is 2.23. The van der Waals surface area contributed by atoms with Crippen molar-refractivity contribution in [2.24, 2.45) is 0 Å². The molecule has 0 heterocycles. The first-order valence-electron chi connectivity index (χ1n) is 7.12. The molecule has 118 valence electrons. The van der Waals surface area contributed by atoms with E-state index in [1.807, 2.05) is 13.8 Å². The van der Waals surface area contributed by atoms with Crippen molar-refractivity contribution in [3.05, 3.63) is 29.8 Å². The van der Waals surface area contributed by atoms with Gasteiger partial charge in [0, 0.05) is 12.6 Å². The maximum atomic E-state index is 13.4. The quantitative estimate of drug-likeness (QED) is 0.722. The van der Waals surface area contributed by atoms with Gasteiger partial charge >= 0.3 is 6.03 Å². The van der Waals surface area contributed by atoms with Crippen LogP contribution < -0.4 is 10.6 Å². The molecule has 0 saturated heterocycles. The van der Waals surface area contributed by atoms with Gasteiger partial charge in [-0.05, 0) is 25.0 Å². The third kappa shape index (κ3) is 5.67. The van der Waals surface area contributed by atoms with Gasteiger partial charge in [0.1, 0.15) is 11.6 Å². The lowest BCUT2D eigenvalue weighted by Gasteiger charge is -2.27. The topological polar surface area (TPSA) is 61.4 Å². The van der Waals surface area contributed by atoms with Crippen molar-refractivity contribution in [1.29, 1.82) is 0 Å². The summed E-state index contributed by atoms with van der Waals surface area (Å²) < 4.78 is 26.2. The molecule has 0 aliphatic rings. The van der Waals surface area contributed by atoms with Crippen LogP contribution in [-0.4, -0.2) is 23.3 Å². The van der Waals surface area contributed by atoms with Gasteiger partial charge in [-0.3, -0.25) is 0 Å². The van der Waals surface area contributed by atoms with Gasteiger partial charge in [-0.15, -0.1) is 0 Å². The van der Waals surface area contributed by atoms with Crippen LogP contribution >= 0.6 is 0 Å². The highest BCUT2D eigenvalue weighted by molar-refractivity contribution is 5.89. The zero-order valence-electron chi connectivity index (χ0n) is 12.4. The van der Waals surface area contributed by atoms with E-state index in [2.05, 4.69) is 10.6 Å². The molecule has 0 saturated carbocycles. The van der Waals surface area contributed by atoms with Crippen molar-refractivity contribution in [3.8, 4) is 0 Å². The van der Waals surface area contributed by atoms with Gasteiger partial charge in [0.2, 0.25) is 0 Å². The van der Waals surface area contributed by atoms with Crippen LogP contribution in [-0.2, 0) is 0 Å². The minimum Gasteiger partial charge on any atom is -0.388 e. The highest BCUT2D eigenvalue weighted by atomic mass is 19.1. The summed E-state index contributed by atoms with van der Waals surface area (Å²) in [6, 6.07) is 2.27. The predicted molar refractivity (Wildman–Crippen MR) is 78.1 cm³/mol. The normalized spacial score (nSPS) is 11.3. The summed E-state index contributed by atoms with van der Waals surface area (Å²) in [7, 11) is 0. The van der Waals surface area contributed by atoms with Crippen molar-refractivity contribution in [2.75, 3.05) is 11.9 Å². The Morgan fingerprint density at radius 1 is 1.24 bits per heavy atom. The van der Waals surface area contributed by atoms with E-state index in [-0.39, 0.29) is 12.2 Å². The number of benzene rings is 1. The lowest BCUT2D eigenvalue weighted by Crippen LogP contribution is -2.44. The minimum atomic E-state index is -0.956. The summed E-state index contributed by atoms with van der Waals surface area (Å²) in [5.41, 5.74) is -1.06. The molecule has 0 fully saturated rings. The molecule has 0 bridgehead atoms. The number of carbonyl (C=O) groups is 1. The molecule has 21 heavy (non-hydrogen) atoms. The Kier molecular flexibility index (Phi) is 6.55. The SMILES string of the molecule is CCCC(O)(CCC)CNC(=O)Nc1ccc(F)cc1F. The van der Waals surface area contributed by atoms with Crippen LogP contribution in [0.15, 0.2) is 18.2 Å². The summed E-state index contributed by atoms with van der Waals surface area (Å²) >= 11 is 0. The van der Waals surface area contributed by atoms with Crippen LogP contribution in [0.2, 0.25) is 0 Å². The number of nitrogens with one attached hydrogen (secondary N) is 2. The number of amides is 2. The number of urea groups is 1. The standard InChI is InChI=1S/C15H22F2N2O2/c1-3-7-15(21,8-4-2)10-18-14(20)19-13-6-5-11(16)9-12(13)17/h5-6,9,21H,3-4,7-8,10H2,1-2H3,(H2,18,19,20). The van der Waals surface area contributed by atoms with Crippen LogP contribution in [0.5, 0.6) is 0 Å². The lowest BCUT2D eigenvalue weighted by molar-refractivity contribution is 0.0245. The molecule has 0 radical (unpaired) electrons. The molecule has 1 aromatic rings. The first-order chi connectivity index (χ1) is 9.90. The summed E-state index contributed by atoms with van der Waals surface area (Å²) in [4.78, 5) is 11.7. The lowest BCUT2D eigenvalue weighted by atomic mass is 9.93. The fraction of sp³-hybridized carbons (Fsp3) is 0.533. The van der Waals surface area contributed by atoms with Crippen LogP contribution in [0.4, 0.5) is 19.3 Å². The van der Waals surface area contributed by atoms with E-state index in [1.54, 1.807) is 0 Å². The van der Waals surface area contributed by atoms with Gasteiger partial charge in [0.25, 0.3) is 0 Å². The molecule has 0 atom stereocenters. The molecule has 6 heteroatoms. The van der Waals surface area contributed by atoms with Gasteiger partial charge in [0.05, 0.1) is 11.3 Å². The van der Waals surface area contributed by atoms with Gasteiger partial charge < -0.3 is 15.7 Å². The summed E-state index contributed by atoms with van der Waals surface area (Å²) in [5, 5.41) is 15.2. The molecule has 2 amide bonds. The van der Waals surface area contributed by atoms with Gasteiger partial charge in [0.15, 0.2) is 0 Å². The van der Waals surface area contributed by atoms with Crippen molar-refractivity contribution in [1.82, 2.24) is 5.32 Å². The monoisotopic (exact) mass is 300 g/mol. The summed E-state index contributed by atoms with van der Waals surface area (Å²) in [6.45, 7) is 3.99. The highest BCUT2D eigenvalue weighted by Crippen LogP contribution is 2.19. The van der Waals surface area contributed by atoms with Crippen molar-refractivity contribution >= 4 is 11.7 Å². The number of rotatable bonds is 7. The van der Waals surface area contributed by atoms with Crippen molar-refractivity contribution in [2.45, 2.75) is 45.1 Å². The van der Waals surface area contributed by atoms with E-state index in [0.29, 0.717) is 18.9 Å². The molecule has 0 aliphatic heterocycles. The van der Waals surface area contributed by atoms with Gasteiger partial charge in [-0.1, -0.05) is 26.7 Å². The first-order valence-corrected chi connectivity index (χ1v) is 7.12. The molecule has 0 aliphatic carbocycles. The largest absolute Gasteiger partial charge is 0.388 e.